The lowest BCUT2D eigenvalue weighted by molar-refractivity contribution is -0.122. The Balaban J connectivity index is 1.91. The second-order valence-corrected chi connectivity index (χ2v) is 4.97. The molecule has 0 saturated heterocycles. The first-order valence-corrected chi connectivity index (χ1v) is 6.34. The molecule has 5 nitrogen and oxygen atoms in total. The monoisotopic (exact) mass is 241 g/mol. The molecule has 1 saturated carbocycles. The van der Waals surface area contributed by atoms with E-state index in [1.54, 1.807) is 0 Å². The predicted octanol–water partition coefficient (Wildman–Crippen LogP) is 0.0169. The normalized spacial score (nSPS) is 14.8. The first-order valence-electron chi connectivity index (χ1n) is 6.34. The average Bonchev–Trinajstić information content (AvgIpc) is 3.05. The minimum atomic E-state index is 0.0232. The molecule has 0 aromatic carbocycles. The van der Waals surface area contributed by atoms with Gasteiger partial charge in [-0.15, -0.1) is 0 Å². The van der Waals surface area contributed by atoms with Crippen molar-refractivity contribution in [1.29, 1.82) is 0 Å². The third-order valence-electron chi connectivity index (χ3n) is 2.46. The van der Waals surface area contributed by atoms with Crippen molar-refractivity contribution in [1.82, 2.24) is 16.0 Å². The van der Waals surface area contributed by atoms with Gasteiger partial charge in [-0.3, -0.25) is 9.59 Å². The van der Waals surface area contributed by atoms with E-state index in [9.17, 15) is 9.59 Å². The van der Waals surface area contributed by atoms with Gasteiger partial charge in [-0.05, 0) is 18.8 Å². The molecule has 0 spiro atoms. The molecular formula is C12H23N3O2. The molecule has 17 heavy (non-hydrogen) atoms. The number of carbonyl (C=O) groups excluding carboxylic acids is 2. The number of rotatable bonds is 8. The van der Waals surface area contributed by atoms with Crippen molar-refractivity contribution >= 4 is 11.8 Å². The second-order valence-electron chi connectivity index (χ2n) is 4.97. The van der Waals surface area contributed by atoms with Crippen molar-refractivity contribution < 1.29 is 9.59 Å². The van der Waals surface area contributed by atoms with E-state index in [1.165, 1.54) is 0 Å². The van der Waals surface area contributed by atoms with Crippen LogP contribution >= 0.6 is 0 Å². The average molecular weight is 241 g/mol. The molecule has 1 rings (SSSR count). The minimum absolute atomic E-state index is 0.0232. The van der Waals surface area contributed by atoms with E-state index in [-0.39, 0.29) is 11.8 Å². The summed E-state index contributed by atoms with van der Waals surface area (Å²) in [5.41, 5.74) is 0. The van der Waals surface area contributed by atoms with Gasteiger partial charge in [0.1, 0.15) is 0 Å². The number of hydrogen-bond acceptors (Lipinski definition) is 3. The van der Waals surface area contributed by atoms with Crippen LogP contribution in [-0.2, 0) is 9.59 Å². The Morgan fingerprint density at radius 3 is 2.53 bits per heavy atom. The first-order chi connectivity index (χ1) is 8.08. The van der Waals surface area contributed by atoms with Crippen molar-refractivity contribution in [2.75, 3.05) is 19.6 Å². The third kappa shape index (κ3) is 7.74. The van der Waals surface area contributed by atoms with Crippen LogP contribution in [0.1, 0.15) is 33.1 Å². The number of hydrogen-bond donors (Lipinski definition) is 3. The Labute approximate surface area is 103 Å². The van der Waals surface area contributed by atoms with Crippen molar-refractivity contribution in [3.05, 3.63) is 0 Å². The molecular weight excluding hydrogens is 218 g/mol. The van der Waals surface area contributed by atoms with Gasteiger partial charge in [-0.1, -0.05) is 13.8 Å². The van der Waals surface area contributed by atoms with E-state index in [4.69, 9.17) is 0 Å². The van der Waals surface area contributed by atoms with Gasteiger partial charge in [0, 0.05) is 25.6 Å². The van der Waals surface area contributed by atoms with Crippen LogP contribution in [0.4, 0.5) is 0 Å². The molecule has 3 N–H and O–H groups in total. The standard InChI is InChI=1S/C12H23N3O2/c1-9(2)7-14-11(16)5-6-13-8-12(17)15-10-3-4-10/h9-10,13H,3-8H2,1-2H3,(H,14,16)(H,15,17). The maximum absolute atomic E-state index is 11.3. The van der Waals surface area contributed by atoms with Gasteiger partial charge in [0.15, 0.2) is 0 Å². The van der Waals surface area contributed by atoms with Crippen LogP contribution in [0, 0.1) is 5.92 Å². The zero-order valence-electron chi connectivity index (χ0n) is 10.7. The summed E-state index contributed by atoms with van der Waals surface area (Å²) in [7, 11) is 0. The van der Waals surface area contributed by atoms with Crippen molar-refractivity contribution in [2.24, 2.45) is 5.92 Å². The molecule has 0 aliphatic heterocycles. The van der Waals surface area contributed by atoms with Crippen LogP contribution in [0.5, 0.6) is 0 Å². The Kier molecular flexibility index (Phi) is 5.97. The lowest BCUT2D eigenvalue weighted by atomic mass is 10.2. The SMILES string of the molecule is CC(C)CNC(=O)CCNCC(=O)NC1CC1. The summed E-state index contributed by atoms with van der Waals surface area (Å²) < 4.78 is 0. The summed E-state index contributed by atoms with van der Waals surface area (Å²) in [4.78, 5) is 22.6. The van der Waals surface area contributed by atoms with Gasteiger partial charge in [-0.25, -0.2) is 0 Å². The summed E-state index contributed by atoms with van der Waals surface area (Å²) in [5.74, 6) is 0.528. The summed E-state index contributed by atoms with van der Waals surface area (Å²) in [6.45, 7) is 5.67. The maximum Gasteiger partial charge on any atom is 0.234 e. The molecule has 0 aromatic heterocycles. The van der Waals surface area contributed by atoms with Gasteiger partial charge >= 0.3 is 0 Å². The van der Waals surface area contributed by atoms with Crippen LogP contribution in [0.3, 0.4) is 0 Å². The van der Waals surface area contributed by atoms with Gasteiger partial charge in [0.25, 0.3) is 0 Å². The van der Waals surface area contributed by atoms with E-state index in [0.717, 1.165) is 12.8 Å². The molecule has 0 heterocycles. The highest BCUT2D eigenvalue weighted by molar-refractivity contribution is 5.79. The van der Waals surface area contributed by atoms with Crippen LogP contribution < -0.4 is 16.0 Å². The fraction of sp³-hybridized carbons (Fsp3) is 0.833. The third-order valence-corrected chi connectivity index (χ3v) is 2.46. The topological polar surface area (TPSA) is 70.2 Å². The van der Waals surface area contributed by atoms with E-state index in [2.05, 4.69) is 29.8 Å². The predicted molar refractivity (Wildman–Crippen MR) is 66.5 cm³/mol. The summed E-state index contributed by atoms with van der Waals surface area (Å²) in [6.07, 6.45) is 2.62. The highest BCUT2D eigenvalue weighted by Gasteiger charge is 2.22. The van der Waals surface area contributed by atoms with Gasteiger partial charge < -0.3 is 16.0 Å². The molecule has 1 aliphatic carbocycles. The number of nitrogens with one attached hydrogen (secondary N) is 3. The Morgan fingerprint density at radius 1 is 1.24 bits per heavy atom. The lowest BCUT2D eigenvalue weighted by Gasteiger charge is -2.08. The Hall–Kier alpha value is -1.10. The maximum atomic E-state index is 11.3. The molecule has 0 atom stereocenters. The quantitative estimate of drug-likeness (QED) is 0.525. The fourth-order valence-electron chi connectivity index (χ4n) is 1.32. The number of carbonyl (C=O) groups is 2. The number of amides is 2. The molecule has 0 bridgehead atoms. The highest BCUT2D eigenvalue weighted by Crippen LogP contribution is 2.18. The van der Waals surface area contributed by atoms with Gasteiger partial charge in [0.2, 0.25) is 11.8 Å². The fourth-order valence-corrected chi connectivity index (χ4v) is 1.32. The van der Waals surface area contributed by atoms with Crippen molar-refractivity contribution in [2.45, 2.75) is 39.2 Å². The van der Waals surface area contributed by atoms with E-state index < -0.39 is 0 Å². The van der Waals surface area contributed by atoms with E-state index in [1.807, 2.05) is 0 Å². The summed E-state index contributed by atoms with van der Waals surface area (Å²) in [6, 6.07) is 0.402. The van der Waals surface area contributed by atoms with Crippen molar-refractivity contribution in [3.63, 3.8) is 0 Å². The first kappa shape index (κ1) is 14.0. The van der Waals surface area contributed by atoms with Crippen LogP contribution in [0.2, 0.25) is 0 Å². The van der Waals surface area contributed by atoms with Gasteiger partial charge in [-0.2, -0.15) is 0 Å². The molecule has 98 valence electrons. The van der Waals surface area contributed by atoms with Crippen LogP contribution in [0.15, 0.2) is 0 Å². The highest BCUT2D eigenvalue weighted by atomic mass is 16.2. The Bertz CT molecular complexity index is 262. The molecule has 5 heteroatoms. The van der Waals surface area contributed by atoms with Crippen LogP contribution in [0.25, 0.3) is 0 Å². The minimum Gasteiger partial charge on any atom is -0.356 e. The smallest absolute Gasteiger partial charge is 0.234 e. The zero-order chi connectivity index (χ0) is 12.7. The van der Waals surface area contributed by atoms with E-state index >= 15 is 0 Å². The second kappa shape index (κ2) is 7.27. The lowest BCUT2D eigenvalue weighted by Crippen LogP contribution is -2.37. The molecule has 2 amide bonds. The molecule has 1 aliphatic rings. The summed E-state index contributed by atoms with van der Waals surface area (Å²) in [5, 5.41) is 8.68. The van der Waals surface area contributed by atoms with Crippen molar-refractivity contribution in [3.8, 4) is 0 Å². The molecule has 0 unspecified atom stereocenters. The zero-order valence-corrected chi connectivity index (χ0v) is 10.7. The molecule has 0 aromatic rings. The van der Waals surface area contributed by atoms with Gasteiger partial charge in [0.05, 0.1) is 6.54 Å². The van der Waals surface area contributed by atoms with Crippen LogP contribution in [-0.4, -0.2) is 37.5 Å². The Morgan fingerprint density at radius 2 is 1.94 bits per heavy atom. The summed E-state index contributed by atoms with van der Waals surface area (Å²) >= 11 is 0. The van der Waals surface area contributed by atoms with E-state index in [0.29, 0.717) is 38.0 Å². The molecule has 1 fully saturated rings. The molecule has 0 radical (unpaired) electrons. The largest absolute Gasteiger partial charge is 0.356 e.